The summed E-state index contributed by atoms with van der Waals surface area (Å²) in [6, 6.07) is 9.52. The highest BCUT2D eigenvalue weighted by atomic mass is 16.5. The number of hydroxylamine groups is 1. The van der Waals surface area contributed by atoms with Crippen molar-refractivity contribution in [3.8, 4) is 5.75 Å². The van der Waals surface area contributed by atoms with Crippen LogP contribution in [0, 0.1) is 0 Å². The van der Waals surface area contributed by atoms with Crippen LogP contribution in [-0.4, -0.2) is 34.2 Å². The predicted molar refractivity (Wildman–Crippen MR) is 81.4 cm³/mol. The number of hydrogen-bond donors (Lipinski definition) is 3. The lowest BCUT2D eigenvalue weighted by Gasteiger charge is -2.08. The van der Waals surface area contributed by atoms with Crippen LogP contribution in [0.4, 0.5) is 5.82 Å². The predicted octanol–water partition coefficient (Wildman–Crippen LogP) is 1.49. The van der Waals surface area contributed by atoms with Gasteiger partial charge in [-0.05, 0) is 18.2 Å². The number of ether oxygens (including phenoxy) is 1. The Morgan fingerprint density at radius 1 is 1.27 bits per heavy atom. The van der Waals surface area contributed by atoms with Crippen LogP contribution in [0.2, 0.25) is 0 Å². The van der Waals surface area contributed by atoms with Gasteiger partial charge in [0.05, 0.1) is 24.6 Å². The molecule has 2 rings (SSSR count). The van der Waals surface area contributed by atoms with E-state index in [1.54, 1.807) is 6.20 Å². The summed E-state index contributed by atoms with van der Waals surface area (Å²) >= 11 is 0. The summed E-state index contributed by atoms with van der Waals surface area (Å²) in [7, 11) is 0. The molecule has 2 aromatic rings. The van der Waals surface area contributed by atoms with Crippen molar-refractivity contribution in [2.24, 2.45) is 0 Å². The van der Waals surface area contributed by atoms with E-state index >= 15 is 0 Å². The standard InChI is InChI=1S/C15H16N4O3/c20-15(19-21)7-6-12-10-16-11-14(18-12)17-8-9-22-13-4-2-1-3-5-13/h1-7,10-11,21H,8-9H2,(H,17,18)(H,19,20). The maximum atomic E-state index is 10.9. The molecule has 0 aliphatic carbocycles. The first-order valence-corrected chi connectivity index (χ1v) is 6.64. The first kappa shape index (κ1) is 15.5. The minimum atomic E-state index is -0.628. The van der Waals surface area contributed by atoms with Gasteiger partial charge in [0.1, 0.15) is 18.2 Å². The minimum absolute atomic E-state index is 0.485. The van der Waals surface area contributed by atoms with Crippen molar-refractivity contribution in [1.29, 1.82) is 0 Å². The fourth-order valence-corrected chi connectivity index (χ4v) is 1.61. The molecule has 0 saturated heterocycles. The molecule has 0 radical (unpaired) electrons. The zero-order valence-corrected chi connectivity index (χ0v) is 11.8. The summed E-state index contributed by atoms with van der Waals surface area (Å²) in [6.07, 6.45) is 5.69. The van der Waals surface area contributed by atoms with Gasteiger partial charge in [-0.15, -0.1) is 0 Å². The van der Waals surface area contributed by atoms with Crippen molar-refractivity contribution in [2.45, 2.75) is 0 Å². The molecule has 0 fully saturated rings. The smallest absolute Gasteiger partial charge is 0.267 e. The number of amides is 1. The van der Waals surface area contributed by atoms with Gasteiger partial charge >= 0.3 is 0 Å². The molecule has 22 heavy (non-hydrogen) atoms. The zero-order chi connectivity index (χ0) is 15.6. The summed E-state index contributed by atoms with van der Waals surface area (Å²) < 4.78 is 5.55. The number of hydrogen-bond acceptors (Lipinski definition) is 6. The molecule has 0 spiro atoms. The van der Waals surface area contributed by atoms with E-state index in [4.69, 9.17) is 9.94 Å². The second-order valence-electron chi connectivity index (χ2n) is 4.23. The van der Waals surface area contributed by atoms with Crippen LogP contribution in [0.1, 0.15) is 5.69 Å². The van der Waals surface area contributed by atoms with E-state index in [1.165, 1.54) is 17.8 Å². The number of anilines is 1. The highest BCUT2D eigenvalue weighted by molar-refractivity contribution is 5.90. The molecule has 0 bridgehead atoms. The Labute approximate surface area is 127 Å². The molecule has 0 aliphatic heterocycles. The quantitative estimate of drug-likeness (QED) is 0.310. The Hall–Kier alpha value is -2.93. The van der Waals surface area contributed by atoms with Gasteiger partial charge in [-0.2, -0.15) is 0 Å². The van der Waals surface area contributed by atoms with Crippen LogP contribution < -0.4 is 15.5 Å². The van der Waals surface area contributed by atoms with Crippen molar-refractivity contribution in [2.75, 3.05) is 18.5 Å². The summed E-state index contributed by atoms with van der Waals surface area (Å²) in [5.41, 5.74) is 2.00. The van der Waals surface area contributed by atoms with E-state index < -0.39 is 5.91 Å². The van der Waals surface area contributed by atoms with Crippen LogP contribution in [0.25, 0.3) is 6.08 Å². The molecule has 1 heterocycles. The van der Waals surface area contributed by atoms with Gasteiger partial charge in [0.15, 0.2) is 0 Å². The first-order chi connectivity index (χ1) is 10.8. The lowest BCUT2D eigenvalue weighted by Crippen LogP contribution is -2.15. The van der Waals surface area contributed by atoms with E-state index in [9.17, 15) is 4.79 Å². The lowest BCUT2D eigenvalue weighted by atomic mass is 10.3. The number of carbonyl (C=O) groups excluding carboxylic acids is 1. The van der Waals surface area contributed by atoms with Gasteiger partial charge < -0.3 is 10.1 Å². The topological polar surface area (TPSA) is 96.4 Å². The van der Waals surface area contributed by atoms with Gasteiger partial charge in [-0.3, -0.25) is 15.0 Å². The van der Waals surface area contributed by atoms with Gasteiger partial charge in [0.25, 0.3) is 5.91 Å². The second kappa shape index (κ2) is 8.38. The monoisotopic (exact) mass is 300 g/mol. The largest absolute Gasteiger partial charge is 0.492 e. The summed E-state index contributed by atoms with van der Waals surface area (Å²) in [5.74, 6) is 0.752. The van der Waals surface area contributed by atoms with Gasteiger partial charge in [-0.1, -0.05) is 18.2 Å². The Bertz CT molecular complexity index is 632. The molecule has 7 nitrogen and oxygen atoms in total. The van der Waals surface area contributed by atoms with Crippen LogP contribution in [0.5, 0.6) is 5.75 Å². The summed E-state index contributed by atoms with van der Waals surface area (Å²) in [6.45, 7) is 1.05. The maximum absolute atomic E-state index is 10.9. The fourth-order valence-electron chi connectivity index (χ4n) is 1.61. The van der Waals surface area contributed by atoms with Crippen molar-refractivity contribution < 1.29 is 14.7 Å². The minimum Gasteiger partial charge on any atom is -0.492 e. The average Bonchev–Trinajstić information content (AvgIpc) is 2.58. The molecule has 3 N–H and O–H groups in total. The van der Waals surface area contributed by atoms with E-state index in [0.29, 0.717) is 24.7 Å². The van der Waals surface area contributed by atoms with E-state index in [0.717, 1.165) is 11.8 Å². The normalized spacial score (nSPS) is 10.4. The van der Waals surface area contributed by atoms with Gasteiger partial charge in [0.2, 0.25) is 0 Å². The summed E-state index contributed by atoms with van der Waals surface area (Å²) in [4.78, 5) is 19.1. The maximum Gasteiger partial charge on any atom is 0.267 e. The second-order valence-corrected chi connectivity index (χ2v) is 4.23. The Morgan fingerprint density at radius 2 is 2.09 bits per heavy atom. The highest BCUT2D eigenvalue weighted by Gasteiger charge is 1.98. The van der Waals surface area contributed by atoms with Crippen molar-refractivity contribution in [3.05, 3.63) is 54.5 Å². The van der Waals surface area contributed by atoms with Crippen LogP contribution in [-0.2, 0) is 4.79 Å². The van der Waals surface area contributed by atoms with Crippen LogP contribution in [0.15, 0.2) is 48.8 Å². The third-order valence-corrected chi connectivity index (χ3v) is 2.59. The molecule has 0 unspecified atom stereocenters. The summed E-state index contributed by atoms with van der Waals surface area (Å²) in [5, 5.41) is 11.5. The SMILES string of the molecule is O=C(C=Cc1cncc(NCCOc2ccccc2)n1)NO. The van der Waals surface area contributed by atoms with Crippen LogP contribution >= 0.6 is 0 Å². The molecular weight excluding hydrogens is 284 g/mol. The average molecular weight is 300 g/mol. The molecule has 1 aromatic carbocycles. The molecule has 0 aliphatic rings. The Morgan fingerprint density at radius 3 is 2.86 bits per heavy atom. The molecule has 114 valence electrons. The molecule has 1 aromatic heterocycles. The molecule has 7 heteroatoms. The number of rotatable bonds is 7. The zero-order valence-electron chi connectivity index (χ0n) is 11.8. The Balaban J connectivity index is 1.80. The molecule has 0 atom stereocenters. The number of carbonyl (C=O) groups is 1. The van der Waals surface area contributed by atoms with Crippen molar-refractivity contribution in [3.63, 3.8) is 0 Å². The number of aromatic nitrogens is 2. The number of benzene rings is 1. The highest BCUT2D eigenvalue weighted by Crippen LogP contribution is 2.08. The molecule has 1 amide bonds. The van der Waals surface area contributed by atoms with E-state index in [-0.39, 0.29) is 0 Å². The lowest BCUT2D eigenvalue weighted by molar-refractivity contribution is -0.124. The van der Waals surface area contributed by atoms with E-state index in [1.807, 2.05) is 30.3 Å². The van der Waals surface area contributed by atoms with Crippen molar-refractivity contribution in [1.82, 2.24) is 15.4 Å². The number of para-hydroxylation sites is 1. The fraction of sp³-hybridized carbons (Fsp3) is 0.133. The Kier molecular flexibility index (Phi) is 5.89. The number of nitrogens with zero attached hydrogens (tertiary/aromatic N) is 2. The van der Waals surface area contributed by atoms with Gasteiger partial charge in [0, 0.05) is 6.08 Å². The van der Waals surface area contributed by atoms with Gasteiger partial charge in [-0.25, -0.2) is 10.5 Å². The molecular formula is C15H16N4O3. The van der Waals surface area contributed by atoms with Crippen molar-refractivity contribution >= 4 is 17.8 Å². The molecule has 0 saturated carbocycles. The van der Waals surface area contributed by atoms with E-state index in [2.05, 4.69) is 15.3 Å². The third kappa shape index (κ3) is 5.22. The first-order valence-electron chi connectivity index (χ1n) is 6.64. The van der Waals surface area contributed by atoms with Crippen LogP contribution in [0.3, 0.4) is 0 Å². The third-order valence-electron chi connectivity index (χ3n) is 2.59. The number of nitrogens with one attached hydrogen (secondary N) is 2.